The molecule has 0 radical (unpaired) electrons. The molecule has 4 aliphatic rings. The number of esters is 2. The average molecular weight is 631 g/mol. The van der Waals surface area contributed by atoms with Crippen LogP contribution >= 0.6 is 7.60 Å². The average Bonchev–Trinajstić information content (AvgIpc) is 3.28. The SMILES string of the molecule is C[C@H](CCC(=O)OCOC(=O)CCC(CP(=O)(O)O)C(=O)O)C1CCC2C3CC[C@@H]4C[C@H](O)CC[C@]4(C)C3C[C@H](O)[C@@]21C. The largest absolute Gasteiger partial charge is 0.481 e. The summed E-state index contributed by atoms with van der Waals surface area (Å²) in [7, 11) is -4.55. The molecule has 5 unspecified atom stereocenters. The highest BCUT2D eigenvalue weighted by molar-refractivity contribution is 7.51. The molecule has 4 aliphatic carbocycles. The third-order valence-electron chi connectivity index (χ3n) is 12.3. The van der Waals surface area contributed by atoms with Crippen LogP contribution < -0.4 is 0 Å². The zero-order chi connectivity index (χ0) is 31.7. The van der Waals surface area contributed by atoms with Gasteiger partial charge in [-0.15, -0.1) is 0 Å². The Morgan fingerprint density at radius 1 is 0.907 bits per heavy atom. The maximum Gasteiger partial charge on any atom is 0.326 e. The number of fused-ring (bicyclic) bond motifs is 5. The van der Waals surface area contributed by atoms with Crippen LogP contribution in [-0.2, 0) is 28.4 Å². The third kappa shape index (κ3) is 7.49. The Kier molecular flexibility index (Phi) is 10.7. The number of rotatable bonds is 12. The van der Waals surface area contributed by atoms with E-state index < -0.39 is 50.5 Å². The van der Waals surface area contributed by atoms with Gasteiger partial charge >= 0.3 is 25.5 Å². The van der Waals surface area contributed by atoms with E-state index in [0.717, 1.165) is 51.4 Å². The molecule has 43 heavy (non-hydrogen) atoms. The first-order valence-electron chi connectivity index (χ1n) is 16.0. The number of carboxylic acid groups (broad SMARTS) is 1. The molecular weight excluding hydrogens is 579 g/mol. The van der Waals surface area contributed by atoms with Crippen LogP contribution in [0.1, 0.15) is 97.8 Å². The first kappa shape index (κ1) is 34.4. The zero-order valence-electron chi connectivity index (χ0n) is 25.7. The van der Waals surface area contributed by atoms with Crippen molar-refractivity contribution in [2.45, 2.75) is 110 Å². The summed E-state index contributed by atoms with van der Waals surface area (Å²) in [6.45, 7) is 6.21. The number of hydrogen-bond acceptors (Lipinski definition) is 8. The number of aliphatic hydroxyl groups is 2. The number of aliphatic carboxylic acids is 1. The molecular formula is C31H51O11P. The molecule has 0 heterocycles. The highest BCUT2D eigenvalue weighted by Crippen LogP contribution is 2.68. The van der Waals surface area contributed by atoms with Crippen molar-refractivity contribution in [3.05, 3.63) is 0 Å². The number of carboxylic acids is 1. The minimum Gasteiger partial charge on any atom is -0.481 e. The van der Waals surface area contributed by atoms with Crippen molar-refractivity contribution in [1.82, 2.24) is 0 Å². The minimum atomic E-state index is -4.55. The Morgan fingerprint density at radius 3 is 2.19 bits per heavy atom. The maximum atomic E-state index is 12.4. The lowest BCUT2D eigenvalue weighted by atomic mass is 9.43. The van der Waals surface area contributed by atoms with E-state index in [9.17, 15) is 29.2 Å². The molecule has 5 N–H and O–H groups in total. The Hall–Kier alpha value is -1.52. The third-order valence-corrected chi connectivity index (χ3v) is 13.2. The van der Waals surface area contributed by atoms with E-state index in [2.05, 4.69) is 20.8 Å². The van der Waals surface area contributed by atoms with Crippen LogP contribution in [0.2, 0.25) is 0 Å². The van der Waals surface area contributed by atoms with Gasteiger partial charge in [0, 0.05) is 12.8 Å². The predicted octanol–water partition coefficient (Wildman–Crippen LogP) is 4.10. The van der Waals surface area contributed by atoms with Gasteiger partial charge in [0.25, 0.3) is 0 Å². The van der Waals surface area contributed by atoms with E-state index in [1.165, 1.54) is 0 Å². The fourth-order valence-corrected chi connectivity index (χ4v) is 10.8. The molecule has 4 rings (SSSR count). The fraction of sp³-hybridized carbons (Fsp3) is 0.903. The summed E-state index contributed by atoms with van der Waals surface area (Å²) in [6, 6.07) is 0. The molecule has 4 fully saturated rings. The number of ether oxygens (including phenoxy) is 2. The van der Waals surface area contributed by atoms with E-state index in [-0.39, 0.29) is 48.0 Å². The highest BCUT2D eigenvalue weighted by Gasteiger charge is 2.63. The van der Waals surface area contributed by atoms with Crippen molar-refractivity contribution in [3.8, 4) is 0 Å². The topological polar surface area (TPSA) is 188 Å². The first-order chi connectivity index (χ1) is 20.1. The maximum absolute atomic E-state index is 12.4. The number of carbonyl (C=O) groups is 3. The summed E-state index contributed by atoms with van der Waals surface area (Å²) >= 11 is 0. The molecule has 0 aliphatic heterocycles. The van der Waals surface area contributed by atoms with Gasteiger partial charge in [-0.2, -0.15) is 0 Å². The molecule has 11 nitrogen and oxygen atoms in total. The normalized spacial score (nSPS) is 38.6. The molecule has 246 valence electrons. The van der Waals surface area contributed by atoms with Crippen LogP contribution in [0.3, 0.4) is 0 Å². The summed E-state index contributed by atoms with van der Waals surface area (Å²) < 4.78 is 21.0. The lowest BCUT2D eigenvalue weighted by Crippen LogP contribution is -2.58. The zero-order valence-corrected chi connectivity index (χ0v) is 26.6. The Balaban J connectivity index is 1.23. The minimum absolute atomic E-state index is 0.142. The van der Waals surface area contributed by atoms with Crippen LogP contribution in [0, 0.1) is 52.3 Å². The summed E-state index contributed by atoms with van der Waals surface area (Å²) in [6.07, 6.45) is 6.60. The fourth-order valence-electron chi connectivity index (χ4n) is 9.88. The summed E-state index contributed by atoms with van der Waals surface area (Å²) in [5, 5.41) is 31.1. The van der Waals surface area contributed by atoms with E-state index in [1.54, 1.807) is 0 Å². The molecule has 0 aromatic heterocycles. The molecule has 0 saturated heterocycles. The molecule has 0 spiro atoms. The summed E-state index contributed by atoms with van der Waals surface area (Å²) in [4.78, 5) is 53.5. The molecule has 11 atom stereocenters. The van der Waals surface area contributed by atoms with Crippen LogP contribution in [0.4, 0.5) is 0 Å². The molecule has 0 amide bonds. The van der Waals surface area contributed by atoms with Crippen LogP contribution in [0.25, 0.3) is 0 Å². The van der Waals surface area contributed by atoms with Gasteiger partial charge in [-0.05, 0) is 111 Å². The molecule has 0 aromatic rings. The second-order valence-corrected chi connectivity index (χ2v) is 16.2. The quantitative estimate of drug-likeness (QED) is 0.119. The van der Waals surface area contributed by atoms with Crippen LogP contribution in [-0.4, -0.2) is 68.2 Å². The van der Waals surface area contributed by atoms with E-state index >= 15 is 0 Å². The van der Waals surface area contributed by atoms with Crippen molar-refractivity contribution < 1.29 is 53.5 Å². The molecule has 4 saturated carbocycles. The van der Waals surface area contributed by atoms with Gasteiger partial charge < -0.3 is 34.6 Å². The number of carbonyl (C=O) groups excluding carboxylic acids is 2. The lowest BCUT2D eigenvalue weighted by molar-refractivity contribution is -0.175. The number of aliphatic hydroxyl groups excluding tert-OH is 2. The van der Waals surface area contributed by atoms with E-state index in [4.69, 9.17) is 24.4 Å². The molecule has 0 aromatic carbocycles. The van der Waals surface area contributed by atoms with Gasteiger partial charge in [0.05, 0.1) is 24.3 Å². The van der Waals surface area contributed by atoms with Gasteiger partial charge in [0.15, 0.2) is 0 Å². The monoisotopic (exact) mass is 630 g/mol. The molecule has 12 heteroatoms. The second-order valence-electron chi connectivity index (χ2n) is 14.5. The van der Waals surface area contributed by atoms with Crippen molar-refractivity contribution in [2.75, 3.05) is 13.0 Å². The van der Waals surface area contributed by atoms with Gasteiger partial charge in [-0.25, -0.2) is 0 Å². The highest BCUT2D eigenvalue weighted by atomic mass is 31.2. The Labute approximate surface area is 254 Å². The van der Waals surface area contributed by atoms with E-state index in [1.807, 2.05) is 0 Å². The standard InChI is InChI=1S/C31H51O11P/c1-18(4-10-27(34)41-17-42-28(35)11-5-19(29(36)37)16-43(38,39)40)23-8-9-24-22-7-6-20-14-21(32)12-13-30(20,2)25(22)15-26(33)31(23,24)3/h18-26,32-33H,4-17H2,1-3H3,(H,36,37)(H2,38,39,40)/t18-,19?,20-,21-,22?,23?,24?,25?,26+,30+,31-/m1/s1. The van der Waals surface area contributed by atoms with Crippen molar-refractivity contribution in [1.29, 1.82) is 0 Å². The van der Waals surface area contributed by atoms with Gasteiger partial charge in [0.2, 0.25) is 6.79 Å². The second kappa shape index (κ2) is 13.5. The molecule has 0 bridgehead atoms. The Morgan fingerprint density at radius 2 is 1.56 bits per heavy atom. The number of hydrogen-bond donors (Lipinski definition) is 5. The Bertz CT molecular complexity index is 1080. The van der Waals surface area contributed by atoms with Crippen molar-refractivity contribution in [2.24, 2.45) is 52.3 Å². The van der Waals surface area contributed by atoms with E-state index in [0.29, 0.717) is 30.1 Å². The first-order valence-corrected chi connectivity index (χ1v) is 17.8. The summed E-state index contributed by atoms with van der Waals surface area (Å²) in [5.41, 5.74) is -0.0206. The van der Waals surface area contributed by atoms with Gasteiger partial charge in [0.1, 0.15) is 0 Å². The van der Waals surface area contributed by atoms with Gasteiger partial charge in [-0.1, -0.05) is 20.8 Å². The van der Waals surface area contributed by atoms with Crippen LogP contribution in [0.15, 0.2) is 0 Å². The van der Waals surface area contributed by atoms with Crippen molar-refractivity contribution in [3.63, 3.8) is 0 Å². The van der Waals surface area contributed by atoms with Gasteiger partial charge in [-0.3, -0.25) is 18.9 Å². The lowest BCUT2D eigenvalue weighted by Gasteiger charge is -2.62. The van der Waals surface area contributed by atoms with Crippen LogP contribution in [0.5, 0.6) is 0 Å². The summed E-state index contributed by atoms with van der Waals surface area (Å²) in [5.74, 6) is -1.60. The predicted molar refractivity (Wildman–Crippen MR) is 155 cm³/mol. The van der Waals surface area contributed by atoms with Crippen molar-refractivity contribution >= 4 is 25.5 Å². The smallest absolute Gasteiger partial charge is 0.326 e.